The maximum atomic E-state index is 11.4. The van der Waals surface area contributed by atoms with Gasteiger partial charge in [-0.05, 0) is 24.3 Å². The first-order valence-electron chi connectivity index (χ1n) is 5.59. The number of carbonyl (C=O) groups excluding carboxylic acids is 1. The lowest BCUT2D eigenvalue weighted by molar-refractivity contribution is 0.240. The zero-order chi connectivity index (χ0) is 12.1. The molecule has 1 aromatic heterocycles. The van der Waals surface area contributed by atoms with E-state index in [4.69, 9.17) is 5.73 Å². The molecule has 4 nitrogen and oxygen atoms in total. The Balaban J connectivity index is 1.85. The van der Waals surface area contributed by atoms with Gasteiger partial charge < -0.3 is 16.4 Å². The van der Waals surface area contributed by atoms with Crippen LogP contribution in [-0.2, 0) is 6.54 Å². The van der Waals surface area contributed by atoms with E-state index in [9.17, 15) is 4.79 Å². The van der Waals surface area contributed by atoms with Crippen molar-refractivity contribution < 1.29 is 4.79 Å². The summed E-state index contributed by atoms with van der Waals surface area (Å²) in [7, 11) is 0. The Kier molecular flexibility index (Phi) is 4.02. The van der Waals surface area contributed by atoms with Crippen molar-refractivity contribution in [1.29, 1.82) is 0 Å². The molecule has 0 saturated heterocycles. The van der Waals surface area contributed by atoms with Gasteiger partial charge >= 0.3 is 6.03 Å². The van der Waals surface area contributed by atoms with Gasteiger partial charge in [0.1, 0.15) is 0 Å². The lowest BCUT2D eigenvalue weighted by Gasteiger charge is -2.05. The molecule has 2 amide bonds. The van der Waals surface area contributed by atoms with Crippen LogP contribution in [0.5, 0.6) is 0 Å². The van der Waals surface area contributed by atoms with Crippen LogP contribution in [0.1, 0.15) is 23.3 Å². The first-order chi connectivity index (χ1) is 8.29. The van der Waals surface area contributed by atoms with Crippen molar-refractivity contribution in [2.24, 2.45) is 5.73 Å². The third-order valence-electron chi connectivity index (χ3n) is 2.39. The van der Waals surface area contributed by atoms with Gasteiger partial charge in [-0.3, -0.25) is 0 Å². The van der Waals surface area contributed by atoms with Crippen molar-refractivity contribution in [2.75, 3.05) is 6.54 Å². The van der Waals surface area contributed by atoms with Crippen LogP contribution in [0.3, 0.4) is 0 Å². The Bertz CT molecular complexity index is 454. The van der Waals surface area contributed by atoms with Crippen LogP contribution in [-0.4, -0.2) is 18.6 Å². The zero-order valence-corrected chi connectivity index (χ0v) is 10.3. The van der Waals surface area contributed by atoms with E-state index in [1.54, 1.807) is 11.3 Å². The molecular weight excluding hydrogens is 234 g/mol. The molecule has 2 rings (SSSR count). The fraction of sp³-hybridized carbons (Fsp3) is 0.417. The largest absolute Gasteiger partial charge is 0.335 e. The SMILES string of the molecule is NCC#Cc1ccsc1CNC(=O)NC1CC1. The van der Waals surface area contributed by atoms with E-state index in [2.05, 4.69) is 22.5 Å². The fourth-order valence-corrected chi connectivity index (χ4v) is 2.13. The molecule has 0 unspecified atom stereocenters. The van der Waals surface area contributed by atoms with E-state index in [1.807, 2.05) is 11.4 Å². The third kappa shape index (κ3) is 3.77. The molecule has 0 aliphatic heterocycles. The second-order valence-corrected chi connectivity index (χ2v) is 4.87. The van der Waals surface area contributed by atoms with Crippen molar-refractivity contribution in [1.82, 2.24) is 10.6 Å². The van der Waals surface area contributed by atoms with Crippen molar-refractivity contribution in [3.63, 3.8) is 0 Å². The highest BCUT2D eigenvalue weighted by Gasteiger charge is 2.22. The molecule has 1 saturated carbocycles. The third-order valence-corrected chi connectivity index (χ3v) is 3.31. The first-order valence-corrected chi connectivity index (χ1v) is 6.47. The molecule has 1 aliphatic carbocycles. The second-order valence-electron chi connectivity index (χ2n) is 3.86. The van der Waals surface area contributed by atoms with Crippen LogP contribution in [0.4, 0.5) is 4.79 Å². The Morgan fingerprint density at radius 3 is 3.12 bits per heavy atom. The number of urea groups is 1. The van der Waals surface area contributed by atoms with Crippen molar-refractivity contribution in [2.45, 2.75) is 25.4 Å². The second kappa shape index (κ2) is 5.71. The number of carbonyl (C=O) groups is 1. The summed E-state index contributed by atoms with van der Waals surface area (Å²) in [6.07, 6.45) is 2.19. The Morgan fingerprint density at radius 1 is 1.59 bits per heavy atom. The predicted octanol–water partition coefficient (Wildman–Crippen LogP) is 1.02. The van der Waals surface area contributed by atoms with Crippen LogP contribution in [0.2, 0.25) is 0 Å². The molecule has 17 heavy (non-hydrogen) atoms. The van der Waals surface area contributed by atoms with Crippen LogP contribution in [0.15, 0.2) is 11.4 Å². The first kappa shape index (κ1) is 12.0. The van der Waals surface area contributed by atoms with Crippen LogP contribution >= 0.6 is 11.3 Å². The summed E-state index contributed by atoms with van der Waals surface area (Å²) in [4.78, 5) is 12.5. The highest BCUT2D eigenvalue weighted by Crippen LogP contribution is 2.18. The molecule has 5 heteroatoms. The van der Waals surface area contributed by atoms with E-state index < -0.39 is 0 Å². The van der Waals surface area contributed by atoms with Gasteiger partial charge in [0, 0.05) is 16.5 Å². The summed E-state index contributed by atoms with van der Waals surface area (Å²) in [5.41, 5.74) is 6.28. The molecule has 1 heterocycles. The Hall–Kier alpha value is -1.51. The van der Waals surface area contributed by atoms with Gasteiger partial charge in [0.15, 0.2) is 0 Å². The number of nitrogens with one attached hydrogen (secondary N) is 2. The standard InChI is InChI=1S/C12H15N3OS/c13-6-1-2-9-5-7-17-11(9)8-14-12(16)15-10-3-4-10/h5,7,10H,3-4,6,8,13H2,(H2,14,15,16). The minimum absolute atomic E-state index is 0.0985. The lowest BCUT2D eigenvalue weighted by Crippen LogP contribution is -2.36. The molecule has 0 aromatic carbocycles. The molecule has 1 fully saturated rings. The molecular formula is C12H15N3OS. The maximum absolute atomic E-state index is 11.4. The number of nitrogens with two attached hydrogens (primary N) is 1. The average Bonchev–Trinajstić information content (AvgIpc) is 3.01. The lowest BCUT2D eigenvalue weighted by atomic mass is 10.2. The van der Waals surface area contributed by atoms with E-state index in [1.165, 1.54) is 0 Å². The molecule has 4 N–H and O–H groups in total. The van der Waals surface area contributed by atoms with Gasteiger partial charge in [-0.15, -0.1) is 11.3 Å². The monoisotopic (exact) mass is 249 g/mol. The fourth-order valence-electron chi connectivity index (χ4n) is 1.36. The number of rotatable bonds is 3. The molecule has 90 valence electrons. The minimum atomic E-state index is -0.0985. The summed E-state index contributed by atoms with van der Waals surface area (Å²) in [6.45, 7) is 0.871. The molecule has 1 aromatic rings. The number of hydrogen-bond donors (Lipinski definition) is 3. The molecule has 1 aliphatic rings. The summed E-state index contributed by atoms with van der Waals surface area (Å²) in [6, 6.07) is 2.23. The molecule has 0 radical (unpaired) electrons. The number of hydrogen-bond acceptors (Lipinski definition) is 3. The number of thiophene rings is 1. The van der Waals surface area contributed by atoms with Gasteiger partial charge in [-0.1, -0.05) is 11.8 Å². The van der Waals surface area contributed by atoms with Gasteiger partial charge in [-0.2, -0.15) is 0 Å². The van der Waals surface area contributed by atoms with Gasteiger partial charge in [0.05, 0.1) is 13.1 Å². The molecule has 0 bridgehead atoms. The van der Waals surface area contributed by atoms with Crippen molar-refractivity contribution >= 4 is 17.4 Å². The smallest absolute Gasteiger partial charge is 0.315 e. The van der Waals surface area contributed by atoms with Crippen LogP contribution < -0.4 is 16.4 Å². The van der Waals surface area contributed by atoms with Crippen LogP contribution in [0.25, 0.3) is 0 Å². The molecule has 0 atom stereocenters. The zero-order valence-electron chi connectivity index (χ0n) is 9.45. The summed E-state index contributed by atoms with van der Waals surface area (Å²) in [5, 5.41) is 7.68. The molecule has 0 spiro atoms. The Morgan fingerprint density at radius 2 is 2.41 bits per heavy atom. The van der Waals surface area contributed by atoms with E-state index in [-0.39, 0.29) is 6.03 Å². The van der Waals surface area contributed by atoms with E-state index in [0.29, 0.717) is 19.1 Å². The summed E-state index contributed by atoms with van der Waals surface area (Å²) in [5.74, 6) is 5.81. The average molecular weight is 249 g/mol. The minimum Gasteiger partial charge on any atom is -0.335 e. The highest BCUT2D eigenvalue weighted by molar-refractivity contribution is 7.10. The van der Waals surface area contributed by atoms with Gasteiger partial charge in [0.2, 0.25) is 0 Å². The quantitative estimate of drug-likeness (QED) is 0.700. The topological polar surface area (TPSA) is 67.1 Å². The maximum Gasteiger partial charge on any atom is 0.315 e. The van der Waals surface area contributed by atoms with Gasteiger partial charge in [0.25, 0.3) is 0 Å². The number of amides is 2. The summed E-state index contributed by atoms with van der Waals surface area (Å²) >= 11 is 1.59. The van der Waals surface area contributed by atoms with Crippen LogP contribution in [0, 0.1) is 11.8 Å². The van der Waals surface area contributed by atoms with Gasteiger partial charge in [-0.25, -0.2) is 4.79 Å². The predicted molar refractivity (Wildman–Crippen MR) is 68.6 cm³/mol. The Labute approximate surface area is 105 Å². The van der Waals surface area contributed by atoms with E-state index in [0.717, 1.165) is 23.3 Å². The van der Waals surface area contributed by atoms with Crippen molar-refractivity contribution in [3.05, 3.63) is 21.9 Å². The van der Waals surface area contributed by atoms with Crippen molar-refractivity contribution in [3.8, 4) is 11.8 Å². The van der Waals surface area contributed by atoms with E-state index >= 15 is 0 Å². The normalized spacial score (nSPS) is 13.7. The highest BCUT2D eigenvalue weighted by atomic mass is 32.1. The summed E-state index contributed by atoms with van der Waals surface area (Å²) < 4.78 is 0.